The van der Waals surface area contributed by atoms with Gasteiger partial charge >= 0.3 is 0 Å². The van der Waals surface area contributed by atoms with Crippen molar-refractivity contribution in [3.05, 3.63) is 11.1 Å². The minimum atomic E-state index is -0.571. The van der Waals surface area contributed by atoms with Crippen molar-refractivity contribution in [1.29, 1.82) is 0 Å². The lowest BCUT2D eigenvalue weighted by molar-refractivity contribution is 0.0365. The quantitative estimate of drug-likeness (QED) is 0.766. The van der Waals surface area contributed by atoms with Crippen molar-refractivity contribution < 1.29 is 9.84 Å². The van der Waals surface area contributed by atoms with Crippen molar-refractivity contribution >= 4 is 28.6 Å². The summed E-state index contributed by atoms with van der Waals surface area (Å²) in [6.07, 6.45) is 0. The molecule has 5 rings (SSSR count). The number of halogens is 1. The number of anilines is 1. The molecule has 2 saturated heterocycles. The summed E-state index contributed by atoms with van der Waals surface area (Å²) in [7, 11) is 1.99. The molecule has 8 nitrogen and oxygen atoms in total. The lowest BCUT2D eigenvalue weighted by Crippen LogP contribution is -2.37. The summed E-state index contributed by atoms with van der Waals surface area (Å²) >= 11 is 6.22. The van der Waals surface area contributed by atoms with Crippen LogP contribution in [-0.4, -0.2) is 74.5 Å². The third kappa shape index (κ3) is 3.07. The highest BCUT2D eigenvalue weighted by Gasteiger charge is 2.60. The molecule has 9 heteroatoms. The van der Waals surface area contributed by atoms with Gasteiger partial charge in [-0.15, -0.1) is 0 Å². The SMILES string of the molecule is Cn1c(CN2C[C@@H]3C(C(C)(C)O)[C@@H]3C2)nc2c(N3CCOCC3)nc(Cl)nc21. The Kier molecular flexibility index (Phi) is 4.32. The maximum atomic E-state index is 10.3. The largest absolute Gasteiger partial charge is 0.390 e. The Morgan fingerprint density at radius 3 is 2.46 bits per heavy atom. The van der Waals surface area contributed by atoms with Crippen LogP contribution in [0.1, 0.15) is 19.7 Å². The second kappa shape index (κ2) is 6.52. The number of piperidine rings is 1. The van der Waals surface area contributed by atoms with Gasteiger partial charge in [-0.2, -0.15) is 9.97 Å². The molecule has 3 aliphatic rings. The molecule has 0 bridgehead atoms. The number of aliphatic hydroxyl groups is 1. The lowest BCUT2D eigenvalue weighted by Gasteiger charge is -2.27. The zero-order valence-corrected chi connectivity index (χ0v) is 17.4. The first-order valence-corrected chi connectivity index (χ1v) is 10.4. The molecule has 1 unspecified atom stereocenters. The van der Waals surface area contributed by atoms with Gasteiger partial charge in [0.1, 0.15) is 5.82 Å². The van der Waals surface area contributed by atoms with E-state index in [0.717, 1.165) is 55.5 Å². The molecular weight excluding hydrogens is 380 g/mol. The number of rotatable bonds is 4. The fraction of sp³-hybridized carbons (Fsp3) is 0.737. The van der Waals surface area contributed by atoms with Crippen LogP contribution in [-0.2, 0) is 18.3 Å². The van der Waals surface area contributed by atoms with E-state index in [9.17, 15) is 5.11 Å². The number of hydrogen-bond donors (Lipinski definition) is 1. The fourth-order valence-corrected chi connectivity index (χ4v) is 5.35. The molecule has 4 heterocycles. The molecular formula is C19H27ClN6O2. The third-order valence-electron chi connectivity index (χ3n) is 6.53. The van der Waals surface area contributed by atoms with E-state index in [1.807, 2.05) is 25.5 Å². The summed E-state index contributed by atoms with van der Waals surface area (Å²) in [5.74, 6) is 3.41. The van der Waals surface area contributed by atoms with E-state index in [-0.39, 0.29) is 5.28 Å². The Bertz CT molecular complexity index is 892. The summed E-state index contributed by atoms with van der Waals surface area (Å²) in [4.78, 5) is 18.4. The van der Waals surface area contributed by atoms with Crippen molar-refractivity contribution in [2.75, 3.05) is 44.3 Å². The lowest BCUT2D eigenvalue weighted by atomic mass is 9.99. The van der Waals surface area contributed by atoms with Crippen molar-refractivity contribution in [3.8, 4) is 0 Å². The second-order valence-corrected chi connectivity index (χ2v) is 9.21. The molecule has 3 fully saturated rings. The number of morpholine rings is 1. The van der Waals surface area contributed by atoms with Crippen LogP contribution in [0.3, 0.4) is 0 Å². The standard InChI is InChI=1S/C19H27ClN6O2/c1-19(2,27)14-11-8-25(9-12(11)14)10-13-21-15-16(24(13)3)22-18(20)23-17(15)26-4-6-28-7-5-26/h11-12,14,27H,4-10H2,1-3H3/t11-,12+,14?. The molecule has 28 heavy (non-hydrogen) atoms. The summed E-state index contributed by atoms with van der Waals surface area (Å²) in [6.45, 7) is 9.60. The van der Waals surface area contributed by atoms with E-state index >= 15 is 0 Å². The van der Waals surface area contributed by atoms with Gasteiger partial charge in [-0.05, 0) is 43.2 Å². The van der Waals surface area contributed by atoms with E-state index in [1.165, 1.54) is 0 Å². The number of aromatic nitrogens is 4. The normalized spacial score (nSPS) is 28.2. The topological polar surface area (TPSA) is 79.5 Å². The molecule has 0 amide bonds. The molecule has 0 radical (unpaired) electrons. The maximum Gasteiger partial charge on any atom is 0.226 e. The predicted molar refractivity (Wildman–Crippen MR) is 106 cm³/mol. The van der Waals surface area contributed by atoms with Gasteiger partial charge in [-0.1, -0.05) is 0 Å². The van der Waals surface area contributed by atoms with Crippen molar-refractivity contribution in [1.82, 2.24) is 24.4 Å². The van der Waals surface area contributed by atoms with Crippen LogP contribution in [0.5, 0.6) is 0 Å². The van der Waals surface area contributed by atoms with Gasteiger partial charge in [-0.25, -0.2) is 4.98 Å². The van der Waals surface area contributed by atoms with Gasteiger partial charge in [-0.3, -0.25) is 4.90 Å². The molecule has 152 valence electrons. The minimum absolute atomic E-state index is 0.249. The first-order valence-electron chi connectivity index (χ1n) is 9.99. The molecule has 1 saturated carbocycles. The highest BCUT2D eigenvalue weighted by Crippen LogP contribution is 2.56. The van der Waals surface area contributed by atoms with Crippen molar-refractivity contribution in [3.63, 3.8) is 0 Å². The Labute approximate surface area is 169 Å². The Hall–Kier alpha value is -1.48. The molecule has 2 aromatic heterocycles. The third-order valence-corrected chi connectivity index (χ3v) is 6.70. The van der Waals surface area contributed by atoms with Crippen LogP contribution in [0, 0.1) is 17.8 Å². The highest BCUT2D eigenvalue weighted by atomic mass is 35.5. The fourth-order valence-electron chi connectivity index (χ4n) is 5.19. The number of aryl methyl sites for hydroxylation is 1. The molecule has 1 N–H and O–H groups in total. The van der Waals surface area contributed by atoms with Crippen LogP contribution in [0.25, 0.3) is 11.2 Å². The monoisotopic (exact) mass is 406 g/mol. The predicted octanol–water partition coefficient (Wildman–Crippen LogP) is 1.30. The Balaban J connectivity index is 1.38. The first kappa shape index (κ1) is 18.5. The number of likely N-dealkylation sites (tertiary alicyclic amines) is 1. The van der Waals surface area contributed by atoms with E-state index < -0.39 is 5.60 Å². The van der Waals surface area contributed by atoms with Gasteiger partial charge < -0.3 is 19.3 Å². The van der Waals surface area contributed by atoms with Crippen LogP contribution in [0.4, 0.5) is 5.82 Å². The average molecular weight is 407 g/mol. The number of hydrogen-bond acceptors (Lipinski definition) is 7. The molecule has 2 aliphatic heterocycles. The number of nitrogens with zero attached hydrogens (tertiary/aromatic N) is 6. The second-order valence-electron chi connectivity index (χ2n) is 8.88. The van der Waals surface area contributed by atoms with E-state index in [4.69, 9.17) is 21.3 Å². The molecule has 0 aromatic carbocycles. The summed E-state index contributed by atoms with van der Waals surface area (Å²) in [6, 6.07) is 0. The van der Waals surface area contributed by atoms with Gasteiger partial charge in [0.15, 0.2) is 17.0 Å². The van der Waals surface area contributed by atoms with E-state index in [1.54, 1.807) is 0 Å². The van der Waals surface area contributed by atoms with Crippen LogP contribution in [0.15, 0.2) is 0 Å². The smallest absolute Gasteiger partial charge is 0.226 e. The maximum absolute atomic E-state index is 10.3. The molecule has 3 atom stereocenters. The average Bonchev–Trinajstić information content (AvgIpc) is 3.05. The van der Waals surface area contributed by atoms with Crippen LogP contribution >= 0.6 is 11.6 Å². The highest BCUT2D eigenvalue weighted by molar-refractivity contribution is 6.28. The number of imidazole rings is 1. The van der Waals surface area contributed by atoms with Crippen molar-refractivity contribution in [2.45, 2.75) is 26.0 Å². The molecule has 1 aliphatic carbocycles. The van der Waals surface area contributed by atoms with E-state index in [0.29, 0.717) is 31.0 Å². The van der Waals surface area contributed by atoms with Crippen molar-refractivity contribution in [2.24, 2.45) is 24.8 Å². The first-order chi connectivity index (χ1) is 13.3. The van der Waals surface area contributed by atoms with Gasteiger partial charge in [0.05, 0.1) is 25.4 Å². The Morgan fingerprint density at radius 2 is 1.82 bits per heavy atom. The van der Waals surface area contributed by atoms with Crippen LogP contribution < -0.4 is 4.90 Å². The zero-order chi connectivity index (χ0) is 19.6. The van der Waals surface area contributed by atoms with E-state index in [2.05, 4.69) is 19.8 Å². The number of fused-ring (bicyclic) bond motifs is 2. The van der Waals surface area contributed by atoms with Gasteiger partial charge in [0, 0.05) is 33.2 Å². The zero-order valence-electron chi connectivity index (χ0n) is 16.6. The van der Waals surface area contributed by atoms with Crippen LogP contribution in [0.2, 0.25) is 5.28 Å². The minimum Gasteiger partial charge on any atom is -0.390 e. The summed E-state index contributed by atoms with van der Waals surface area (Å²) in [5, 5.41) is 10.5. The Morgan fingerprint density at radius 1 is 1.14 bits per heavy atom. The van der Waals surface area contributed by atoms with Gasteiger partial charge in [0.2, 0.25) is 5.28 Å². The number of ether oxygens (including phenoxy) is 1. The molecule has 2 aromatic rings. The van der Waals surface area contributed by atoms with Gasteiger partial charge in [0.25, 0.3) is 0 Å². The summed E-state index contributed by atoms with van der Waals surface area (Å²) < 4.78 is 7.49. The molecule has 0 spiro atoms. The summed E-state index contributed by atoms with van der Waals surface area (Å²) in [5.41, 5.74) is 1.01.